The molecule has 2 aromatic carbocycles. The minimum Gasteiger partial charge on any atom is -0.340 e. The number of carbonyl (C=O) groups is 2. The molecule has 2 amide bonds. The molecule has 1 N–H and O–H groups in total. The second-order valence-corrected chi connectivity index (χ2v) is 5.44. The molecule has 124 valence electrons. The highest BCUT2D eigenvalue weighted by Gasteiger charge is 2.33. The Morgan fingerprint density at radius 1 is 1.00 bits per heavy atom. The zero-order chi connectivity index (χ0) is 17.3. The van der Waals surface area contributed by atoms with Gasteiger partial charge in [-0.25, -0.2) is 13.2 Å². The number of amides is 2. The maximum atomic E-state index is 13.2. The van der Waals surface area contributed by atoms with Gasteiger partial charge in [0.25, 0.3) is 5.91 Å². The molecular weight excluding hydrogens is 321 g/mol. The second kappa shape index (κ2) is 6.35. The highest BCUT2D eigenvalue weighted by atomic mass is 19.1. The Bertz CT molecular complexity index is 773. The normalized spacial score (nSPS) is 17.2. The van der Waals surface area contributed by atoms with Crippen LogP contribution >= 0.6 is 0 Å². The molecule has 0 bridgehead atoms. The van der Waals surface area contributed by atoms with E-state index in [0.717, 1.165) is 12.1 Å². The molecule has 1 fully saturated rings. The molecule has 0 spiro atoms. The summed E-state index contributed by atoms with van der Waals surface area (Å²) in [6.07, 6.45) is 0.347. The van der Waals surface area contributed by atoms with E-state index in [0.29, 0.717) is 24.7 Å². The number of hydrogen-bond donors (Lipinski definition) is 1. The third-order valence-electron chi connectivity index (χ3n) is 3.77. The van der Waals surface area contributed by atoms with Crippen LogP contribution in [-0.4, -0.2) is 24.4 Å². The molecule has 1 heterocycles. The van der Waals surface area contributed by atoms with E-state index in [2.05, 4.69) is 5.32 Å². The summed E-state index contributed by atoms with van der Waals surface area (Å²) in [6.45, 7) is 0.354. The Morgan fingerprint density at radius 2 is 1.62 bits per heavy atom. The number of anilines is 1. The lowest BCUT2D eigenvalue weighted by molar-refractivity contribution is -0.118. The average Bonchev–Trinajstić information content (AvgIpc) is 2.88. The van der Waals surface area contributed by atoms with Gasteiger partial charge in [0.15, 0.2) is 0 Å². The predicted molar refractivity (Wildman–Crippen MR) is 81.0 cm³/mol. The molecule has 0 aromatic heterocycles. The molecular formula is C17H13F3N2O2. The minimum absolute atomic E-state index is 0.194. The Labute approximate surface area is 135 Å². The number of halogens is 3. The highest BCUT2D eigenvalue weighted by Crippen LogP contribution is 2.22. The van der Waals surface area contributed by atoms with Crippen molar-refractivity contribution >= 4 is 17.5 Å². The SMILES string of the molecule is O=C(N[C@@H]1CCN(c2ccc(F)cc2)C1=O)c1cc(F)cc(F)c1. The molecule has 3 rings (SSSR count). The first-order valence-corrected chi connectivity index (χ1v) is 7.28. The van der Waals surface area contributed by atoms with Crippen molar-refractivity contribution in [2.24, 2.45) is 0 Å². The van der Waals surface area contributed by atoms with Gasteiger partial charge in [0.1, 0.15) is 23.5 Å². The van der Waals surface area contributed by atoms with Gasteiger partial charge in [-0.2, -0.15) is 0 Å². The molecule has 1 aliphatic rings. The van der Waals surface area contributed by atoms with Crippen LogP contribution in [0.1, 0.15) is 16.8 Å². The summed E-state index contributed by atoms with van der Waals surface area (Å²) >= 11 is 0. The fourth-order valence-corrected chi connectivity index (χ4v) is 2.62. The lowest BCUT2D eigenvalue weighted by Crippen LogP contribution is -2.41. The summed E-state index contributed by atoms with van der Waals surface area (Å²) in [5.41, 5.74) is 0.329. The number of nitrogens with zero attached hydrogens (tertiary/aromatic N) is 1. The fraction of sp³-hybridized carbons (Fsp3) is 0.176. The zero-order valence-corrected chi connectivity index (χ0v) is 12.4. The van der Waals surface area contributed by atoms with Crippen LogP contribution in [0, 0.1) is 17.5 Å². The van der Waals surface area contributed by atoms with Crippen molar-refractivity contribution in [3.63, 3.8) is 0 Å². The zero-order valence-electron chi connectivity index (χ0n) is 12.4. The van der Waals surface area contributed by atoms with Gasteiger partial charge in [-0.05, 0) is 42.8 Å². The van der Waals surface area contributed by atoms with E-state index in [4.69, 9.17) is 0 Å². The summed E-state index contributed by atoms with van der Waals surface area (Å²) in [4.78, 5) is 25.9. The summed E-state index contributed by atoms with van der Waals surface area (Å²) in [5, 5.41) is 2.47. The quantitative estimate of drug-likeness (QED) is 0.938. The van der Waals surface area contributed by atoms with E-state index >= 15 is 0 Å². The molecule has 2 aromatic rings. The van der Waals surface area contributed by atoms with Gasteiger partial charge in [-0.15, -0.1) is 0 Å². The minimum atomic E-state index is -0.870. The number of carbonyl (C=O) groups excluding carboxylic acids is 2. The van der Waals surface area contributed by atoms with Crippen LogP contribution in [0.2, 0.25) is 0 Å². The third-order valence-corrected chi connectivity index (χ3v) is 3.77. The smallest absolute Gasteiger partial charge is 0.252 e. The lowest BCUT2D eigenvalue weighted by Gasteiger charge is -2.17. The van der Waals surface area contributed by atoms with Gasteiger partial charge in [-0.3, -0.25) is 9.59 Å². The first-order chi connectivity index (χ1) is 11.4. The van der Waals surface area contributed by atoms with E-state index < -0.39 is 29.4 Å². The van der Waals surface area contributed by atoms with Gasteiger partial charge in [0.2, 0.25) is 5.91 Å². The van der Waals surface area contributed by atoms with E-state index in [1.807, 2.05) is 0 Å². The maximum Gasteiger partial charge on any atom is 0.252 e. The maximum absolute atomic E-state index is 13.2. The fourth-order valence-electron chi connectivity index (χ4n) is 2.62. The van der Waals surface area contributed by atoms with Crippen LogP contribution in [0.3, 0.4) is 0 Å². The number of hydrogen-bond acceptors (Lipinski definition) is 2. The van der Waals surface area contributed by atoms with Gasteiger partial charge in [-0.1, -0.05) is 0 Å². The van der Waals surface area contributed by atoms with Gasteiger partial charge >= 0.3 is 0 Å². The van der Waals surface area contributed by atoms with E-state index in [1.54, 1.807) is 0 Å². The number of rotatable bonds is 3. The van der Waals surface area contributed by atoms with Crippen molar-refractivity contribution in [2.75, 3.05) is 11.4 Å². The third kappa shape index (κ3) is 3.24. The van der Waals surface area contributed by atoms with Crippen molar-refractivity contribution < 1.29 is 22.8 Å². The number of benzene rings is 2. The van der Waals surface area contributed by atoms with Crippen LogP contribution in [-0.2, 0) is 4.79 Å². The van der Waals surface area contributed by atoms with Crippen molar-refractivity contribution in [1.29, 1.82) is 0 Å². The van der Waals surface area contributed by atoms with E-state index in [1.165, 1.54) is 29.2 Å². The van der Waals surface area contributed by atoms with Crippen molar-refractivity contribution in [2.45, 2.75) is 12.5 Å². The molecule has 0 radical (unpaired) electrons. The predicted octanol–water partition coefficient (Wildman–Crippen LogP) is 2.64. The molecule has 24 heavy (non-hydrogen) atoms. The molecule has 1 atom stereocenters. The summed E-state index contributed by atoms with van der Waals surface area (Å²) < 4.78 is 39.3. The van der Waals surface area contributed by atoms with Crippen LogP contribution in [0.25, 0.3) is 0 Å². The van der Waals surface area contributed by atoms with Crippen LogP contribution in [0.4, 0.5) is 18.9 Å². The second-order valence-electron chi connectivity index (χ2n) is 5.44. The summed E-state index contributed by atoms with van der Waals surface area (Å²) in [6, 6.07) is 7.08. The van der Waals surface area contributed by atoms with Crippen molar-refractivity contribution in [3.8, 4) is 0 Å². The van der Waals surface area contributed by atoms with Gasteiger partial charge < -0.3 is 10.2 Å². The molecule has 1 saturated heterocycles. The highest BCUT2D eigenvalue weighted by molar-refractivity contribution is 6.03. The standard InChI is InChI=1S/C17H13F3N2O2/c18-11-1-3-14(4-2-11)22-6-5-15(17(22)24)21-16(23)10-7-12(19)9-13(20)8-10/h1-4,7-9,15H,5-6H2,(H,21,23)/t15-/m1/s1. The van der Waals surface area contributed by atoms with Crippen LogP contribution < -0.4 is 10.2 Å². The summed E-state index contributed by atoms with van der Waals surface area (Å²) in [5.74, 6) is -3.24. The molecule has 7 heteroatoms. The Hall–Kier alpha value is -2.83. The lowest BCUT2D eigenvalue weighted by atomic mass is 10.1. The average molecular weight is 334 g/mol. The van der Waals surface area contributed by atoms with E-state index in [9.17, 15) is 22.8 Å². The molecule has 4 nitrogen and oxygen atoms in total. The number of nitrogens with one attached hydrogen (secondary N) is 1. The van der Waals surface area contributed by atoms with E-state index in [-0.39, 0.29) is 11.5 Å². The van der Waals surface area contributed by atoms with Gasteiger partial charge in [0.05, 0.1) is 0 Å². The Morgan fingerprint density at radius 3 is 2.25 bits per heavy atom. The van der Waals surface area contributed by atoms with Gasteiger partial charge in [0, 0.05) is 23.9 Å². The summed E-state index contributed by atoms with van der Waals surface area (Å²) in [7, 11) is 0. The Kier molecular flexibility index (Phi) is 4.24. The van der Waals surface area contributed by atoms with Crippen LogP contribution in [0.15, 0.2) is 42.5 Å². The molecule has 0 aliphatic carbocycles. The van der Waals surface area contributed by atoms with Crippen molar-refractivity contribution in [3.05, 3.63) is 65.5 Å². The van der Waals surface area contributed by atoms with Crippen LogP contribution in [0.5, 0.6) is 0 Å². The molecule has 0 unspecified atom stereocenters. The largest absolute Gasteiger partial charge is 0.340 e. The topological polar surface area (TPSA) is 49.4 Å². The monoisotopic (exact) mass is 334 g/mol. The molecule has 1 aliphatic heterocycles. The Balaban J connectivity index is 1.71. The first kappa shape index (κ1) is 16.0. The first-order valence-electron chi connectivity index (χ1n) is 7.28. The van der Waals surface area contributed by atoms with Crippen molar-refractivity contribution in [1.82, 2.24) is 5.32 Å². The molecule has 0 saturated carbocycles.